The highest BCUT2D eigenvalue weighted by molar-refractivity contribution is 6.05. The highest BCUT2D eigenvalue weighted by Gasteiger charge is 2.20. The van der Waals surface area contributed by atoms with Gasteiger partial charge in [-0.1, -0.05) is 12.1 Å². The number of rotatable bonds is 3. The van der Waals surface area contributed by atoms with E-state index < -0.39 is 11.5 Å². The molecule has 2 aromatic rings. The maximum Gasteiger partial charge on any atom is 0.370 e. The molecule has 19 heavy (non-hydrogen) atoms. The summed E-state index contributed by atoms with van der Waals surface area (Å²) >= 11 is 0. The van der Waals surface area contributed by atoms with E-state index in [2.05, 4.69) is 5.32 Å². The van der Waals surface area contributed by atoms with Crippen molar-refractivity contribution in [1.82, 2.24) is 4.74 Å². The van der Waals surface area contributed by atoms with Crippen LogP contribution in [-0.4, -0.2) is 17.8 Å². The van der Waals surface area contributed by atoms with E-state index in [9.17, 15) is 9.59 Å². The summed E-state index contributed by atoms with van der Waals surface area (Å²) in [5, 5.41) is 2.64. The van der Waals surface area contributed by atoms with Gasteiger partial charge in [0.05, 0.1) is 18.5 Å². The predicted octanol–water partition coefficient (Wildman–Crippen LogP) is 1.55. The molecular formula is C13H14N2O4. The predicted molar refractivity (Wildman–Crippen MR) is 69.6 cm³/mol. The lowest BCUT2D eigenvalue weighted by atomic mass is 10.2. The number of carbonyl (C=O) groups is 1. The van der Waals surface area contributed by atoms with Gasteiger partial charge in [0, 0.05) is 7.05 Å². The minimum Gasteiger partial charge on any atom is -0.495 e. The van der Waals surface area contributed by atoms with Crippen LogP contribution in [-0.2, 0) is 7.05 Å². The number of ether oxygens (including phenoxy) is 1. The van der Waals surface area contributed by atoms with Crippen LogP contribution in [0.4, 0.5) is 5.69 Å². The smallest absolute Gasteiger partial charge is 0.370 e. The fraction of sp³-hybridized carbons (Fsp3) is 0.231. The molecule has 0 saturated carbocycles. The molecule has 1 N–H and O–H groups in total. The summed E-state index contributed by atoms with van der Waals surface area (Å²) < 4.78 is 11.2. The molecule has 0 fully saturated rings. The second kappa shape index (κ2) is 5.01. The molecule has 0 aliphatic carbocycles. The van der Waals surface area contributed by atoms with Gasteiger partial charge in [0.1, 0.15) is 11.3 Å². The van der Waals surface area contributed by atoms with E-state index in [1.165, 1.54) is 11.8 Å². The maximum absolute atomic E-state index is 12.1. The van der Waals surface area contributed by atoms with Crippen molar-refractivity contribution < 1.29 is 14.1 Å². The van der Waals surface area contributed by atoms with Crippen molar-refractivity contribution in [3.8, 4) is 5.75 Å². The van der Waals surface area contributed by atoms with Gasteiger partial charge in [-0.15, -0.1) is 0 Å². The number of methoxy groups -OCH3 is 1. The molecule has 0 aliphatic heterocycles. The molecule has 0 aliphatic rings. The number of anilines is 1. The fourth-order valence-electron chi connectivity index (χ4n) is 1.73. The van der Waals surface area contributed by atoms with Crippen molar-refractivity contribution in [3.05, 3.63) is 45.9 Å². The molecular weight excluding hydrogens is 248 g/mol. The Bertz CT molecular complexity index is 670. The molecule has 100 valence electrons. The summed E-state index contributed by atoms with van der Waals surface area (Å²) in [7, 11) is 3.07. The Morgan fingerprint density at radius 1 is 1.37 bits per heavy atom. The standard InChI is InChI=1S/C13H14N2O4/c1-8-11(13(17)19-15(8)2)12(16)14-9-6-4-5-7-10(9)18-3/h4-7H,1-3H3,(H,14,16). The first-order valence-corrected chi connectivity index (χ1v) is 5.66. The summed E-state index contributed by atoms with van der Waals surface area (Å²) in [6.45, 7) is 1.64. The van der Waals surface area contributed by atoms with Crippen LogP contribution in [0.25, 0.3) is 0 Å². The zero-order valence-corrected chi connectivity index (χ0v) is 10.9. The minimum atomic E-state index is -0.660. The van der Waals surface area contributed by atoms with E-state index in [4.69, 9.17) is 9.26 Å². The number of aromatic nitrogens is 1. The topological polar surface area (TPSA) is 73.5 Å². The first-order valence-electron chi connectivity index (χ1n) is 5.66. The van der Waals surface area contributed by atoms with Crippen LogP contribution in [0.1, 0.15) is 16.1 Å². The van der Waals surface area contributed by atoms with Gasteiger partial charge in [0.15, 0.2) is 0 Å². The molecule has 6 nitrogen and oxygen atoms in total. The summed E-state index contributed by atoms with van der Waals surface area (Å²) in [6.07, 6.45) is 0. The third-order valence-electron chi connectivity index (χ3n) is 2.84. The molecule has 0 radical (unpaired) electrons. The Kier molecular flexibility index (Phi) is 3.41. The second-order valence-corrected chi connectivity index (χ2v) is 3.99. The van der Waals surface area contributed by atoms with Gasteiger partial charge in [0.2, 0.25) is 0 Å². The zero-order valence-electron chi connectivity index (χ0n) is 10.9. The molecule has 0 bridgehead atoms. The van der Waals surface area contributed by atoms with Crippen molar-refractivity contribution in [2.24, 2.45) is 7.05 Å². The van der Waals surface area contributed by atoms with Crippen LogP contribution >= 0.6 is 0 Å². The molecule has 0 saturated heterocycles. The number of nitrogens with one attached hydrogen (secondary N) is 1. The van der Waals surface area contributed by atoms with E-state index in [-0.39, 0.29) is 5.56 Å². The number of nitrogens with zero attached hydrogens (tertiary/aromatic N) is 1. The van der Waals surface area contributed by atoms with Crippen molar-refractivity contribution >= 4 is 11.6 Å². The fourth-order valence-corrected chi connectivity index (χ4v) is 1.73. The van der Waals surface area contributed by atoms with Crippen LogP contribution in [0.3, 0.4) is 0 Å². The Morgan fingerprint density at radius 2 is 2.05 bits per heavy atom. The highest BCUT2D eigenvalue weighted by Crippen LogP contribution is 2.23. The van der Waals surface area contributed by atoms with Crippen molar-refractivity contribution in [2.75, 3.05) is 12.4 Å². The van der Waals surface area contributed by atoms with Gasteiger partial charge in [-0.2, -0.15) is 0 Å². The van der Waals surface area contributed by atoms with Gasteiger partial charge in [-0.3, -0.25) is 4.79 Å². The number of benzene rings is 1. The summed E-state index contributed by atoms with van der Waals surface area (Å²) in [4.78, 5) is 23.7. The number of carbonyl (C=O) groups excluding carboxylic acids is 1. The monoisotopic (exact) mass is 262 g/mol. The van der Waals surface area contributed by atoms with Crippen LogP contribution in [0, 0.1) is 6.92 Å². The molecule has 6 heteroatoms. The summed E-state index contributed by atoms with van der Waals surface area (Å²) in [5.74, 6) is 0.00479. The second-order valence-electron chi connectivity index (χ2n) is 3.99. The van der Waals surface area contributed by atoms with Gasteiger partial charge in [0.25, 0.3) is 5.91 Å². The normalized spacial score (nSPS) is 10.3. The Morgan fingerprint density at radius 3 is 2.63 bits per heavy atom. The molecule has 0 unspecified atom stereocenters. The molecule has 0 atom stereocenters. The average Bonchev–Trinajstić information content (AvgIpc) is 2.64. The Labute approximate surface area is 109 Å². The SMILES string of the molecule is COc1ccccc1NC(=O)c1c(C)n(C)oc1=O. The summed E-state index contributed by atoms with van der Waals surface area (Å²) in [5.41, 5.74) is 0.302. The van der Waals surface area contributed by atoms with E-state index in [1.807, 2.05) is 0 Å². The number of para-hydroxylation sites is 2. The van der Waals surface area contributed by atoms with Crippen LogP contribution in [0.15, 0.2) is 33.6 Å². The molecule has 1 amide bonds. The van der Waals surface area contributed by atoms with Gasteiger partial charge in [-0.05, 0) is 19.1 Å². The van der Waals surface area contributed by atoms with E-state index >= 15 is 0 Å². The first-order chi connectivity index (χ1) is 9.04. The van der Waals surface area contributed by atoms with E-state index in [1.54, 1.807) is 38.2 Å². The van der Waals surface area contributed by atoms with Crippen LogP contribution < -0.4 is 15.7 Å². The van der Waals surface area contributed by atoms with Gasteiger partial charge < -0.3 is 14.6 Å². The number of hydrogen-bond acceptors (Lipinski definition) is 4. The first kappa shape index (κ1) is 12.9. The Balaban J connectivity index is 2.34. The van der Waals surface area contributed by atoms with Crippen LogP contribution in [0.2, 0.25) is 0 Å². The molecule has 0 spiro atoms. The lowest BCUT2D eigenvalue weighted by Gasteiger charge is -2.08. The average molecular weight is 262 g/mol. The summed E-state index contributed by atoms with van der Waals surface area (Å²) in [6, 6.07) is 6.96. The molecule has 1 heterocycles. The zero-order chi connectivity index (χ0) is 14.0. The van der Waals surface area contributed by atoms with E-state index in [0.717, 1.165) is 0 Å². The largest absolute Gasteiger partial charge is 0.495 e. The van der Waals surface area contributed by atoms with Crippen molar-refractivity contribution in [3.63, 3.8) is 0 Å². The maximum atomic E-state index is 12.1. The number of amides is 1. The van der Waals surface area contributed by atoms with Crippen molar-refractivity contribution in [2.45, 2.75) is 6.92 Å². The number of hydrogen-bond donors (Lipinski definition) is 1. The quantitative estimate of drug-likeness (QED) is 0.910. The lowest BCUT2D eigenvalue weighted by Crippen LogP contribution is -2.19. The molecule has 2 rings (SSSR count). The van der Waals surface area contributed by atoms with Gasteiger partial charge >= 0.3 is 5.63 Å². The van der Waals surface area contributed by atoms with E-state index in [0.29, 0.717) is 17.1 Å². The molecule has 1 aromatic heterocycles. The third-order valence-corrected chi connectivity index (χ3v) is 2.84. The third kappa shape index (κ3) is 2.37. The minimum absolute atomic E-state index is 0.00611. The Hall–Kier alpha value is -2.50. The highest BCUT2D eigenvalue weighted by atomic mass is 16.5. The van der Waals surface area contributed by atoms with Crippen LogP contribution in [0.5, 0.6) is 5.75 Å². The molecule has 1 aromatic carbocycles. The van der Waals surface area contributed by atoms with Crippen molar-refractivity contribution in [1.29, 1.82) is 0 Å². The lowest BCUT2D eigenvalue weighted by molar-refractivity contribution is 0.102. The van der Waals surface area contributed by atoms with Gasteiger partial charge in [-0.25, -0.2) is 9.53 Å². The number of aryl methyl sites for hydroxylation is 1.